The van der Waals surface area contributed by atoms with Gasteiger partial charge in [-0.05, 0) is 36.8 Å². The lowest BCUT2D eigenvalue weighted by Gasteiger charge is -2.33. The highest BCUT2D eigenvalue weighted by Crippen LogP contribution is 2.25. The normalized spacial score (nSPS) is 15.8. The molecule has 0 amide bonds. The third-order valence-corrected chi connectivity index (χ3v) is 5.15. The van der Waals surface area contributed by atoms with E-state index in [4.69, 9.17) is 13.9 Å². The van der Waals surface area contributed by atoms with Gasteiger partial charge in [0.15, 0.2) is 17.1 Å². The average Bonchev–Trinajstić information content (AvgIpc) is 3.11. The largest absolute Gasteiger partial charge is 0.493 e. The molecule has 1 saturated heterocycles. The Labute approximate surface area is 165 Å². The zero-order valence-corrected chi connectivity index (χ0v) is 16.6. The predicted octanol–water partition coefficient (Wildman–Crippen LogP) is 3.34. The number of piperazine rings is 1. The van der Waals surface area contributed by atoms with E-state index in [9.17, 15) is 0 Å². The minimum Gasteiger partial charge on any atom is -0.493 e. The fourth-order valence-electron chi connectivity index (χ4n) is 3.54. The molecule has 6 heteroatoms. The van der Waals surface area contributed by atoms with Crippen molar-refractivity contribution >= 4 is 11.1 Å². The van der Waals surface area contributed by atoms with Crippen LogP contribution >= 0.6 is 0 Å². The van der Waals surface area contributed by atoms with Gasteiger partial charge >= 0.3 is 0 Å². The molecule has 1 aliphatic heterocycles. The summed E-state index contributed by atoms with van der Waals surface area (Å²) in [6.07, 6.45) is 0. The molecule has 6 nitrogen and oxygen atoms in total. The third kappa shape index (κ3) is 4.46. The predicted molar refractivity (Wildman–Crippen MR) is 109 cm³/mol. The van der Waals surface area contributed by atoms with Crippen molar-refractivity contribution in [2.75, 3.05) is 46.4 Å². The van der Waals surface area contributed by atoms with Crippen molar-refractivity contribution in [3.8, 4) is 11.5 Å². The Balaban J connectivity index is 1.23. The van der Waals surface area contributed by atoms with Crippen molar-refractivity contribution < 1.29 is 13.9 Å². The molecule has 1 aromatic heterocycles. The van der Waals surface area contributed by atoms with Gasteiger partial charge in [0.05, 0.1) is 13.7 Å². The fourth-order valence-corrected chi connectivity index (χ4v) is 3.54. The number of para-hydroxylation sites is 2. The number of ether oxygens (including phenoxy) is 2. The van der Waals surface area contributed by atoms with Crippen LogP contribution in [0.3, 0.4) is 0 Å². The molecule has 1 aliphatic rings. The molecule has 0 aliphatic carbocycles. The lowest BCUT2D eigenvalue weighted by molar-refractivity contribution is 0.106. The highest BCUT2D eigenvalue weighted by atomic mass is 16.5. The van der Waals surface area contributed by atoms with E-state index in [1.165, 1.54) is 5.56 Å². The number of hydrogen-bond acceptors (Lipinski definition) is 6. The van der Waals surface area contributed by atoms with Crippen LogP contribution in [0.25, 0.3) is 11.1 Å². The van der Waals surface area contributed by atoms with Crippen LogP contribution in [0.1, 0.15) is 11.5 Å². The van der Waals surface area contributed by atoms with Crippen LogP contribution in [-0.4, -0.2) is 61.2 Å². The number of benzene rings is 2. The number of rotatable bonds is 7. The van der Waals surface area contributed by atoms with Crippen LogP contribution in [0.4, 0.5) is 0 Å². The van der Waals surface area contributed by atoms with E-state index in [1.807, 2.05) is 30.3 Å². The van der Waals surface area contributed by atoms with Gasteiger partial charge in [-0.2, -0.15) is 0 Å². The van der Waals surface area contributed by atoms with Crippen molar-refractivity contribution in [3.05, 3.63) is 53.9 Å². The summed E-state index contributed by atoms with van der Waals surface area (Å²) in [5, 5.41) is 0. The third-order valence-electron chi connectivity index (χ3n) is 5.15. The Morgan fingerprint density at radius 1 is 1.00 bits per heavy atom. The zero-order valence-electron chi connectivity index (χ0n) is 16.6. The molecule has 2 heterocycles. The van der Waals surface area contributed by atoms with Crippen molar-refractivity contribution in [3.63, 3.8) is 0 Å². The van der Waals surface area contributed by atoms with Gasteiger partial charge in [-0.25, -0.2) is 4.98 Å². The SMILES string of the molecule is COc1ccccc1OCCN1CCN(Cc2nc3cc(C)ccc3o2)CC1. The Morgan fingerprint density at radius 2 is 1.75 bits per heavy atom. The lowest BCUT2D eigenvalue weighted by atomic mass is 10.2. The van der Waals surface area contributed by atoms with Crippen LogP contribution < -0.4 is 9.47 Å². The highest BCUT2D eigenvalue weighted by Gasteiger charge is 2.19. The van der Waals surface area contributed by atoms with Gasteiger partial charge in [-0.3, -0.25) is 9.80 Å². The molecule has 148 valence electrons. The first-order chi connectivity index (χ1) is 13.7. The molecule has 28 heavy (non-hydrogen) atoms. The molecule has 0 atom stereocenters. The molecule has 1 fully saturated rings. The summed E-state index contributed by atoms with van der Waals surface area (Å²) in [4.78, 5) is 9.46. The van der Waals surface area contributed by atoms with Gasteiger partial charge in [-0.1, -0.05) is 18.2 Å². The van der Waals surface area contributed by atoms with Gasteiger partial charge in [-0.15, -0.1) is 0 Å². The maximum Gasteiger partial charge on any atom is 0.209 e. The summed E-state index contributed by atoms with van der Waals surface area (Å²) in [5.41, 5.74) is 3.02. The van der Waals surface area contributed by atoms with Crippen molar-refractivity contribution in [1.82, 2.24) is 14.8 Å². The quantitative estimate of drug-likeness (QED) is 0.626. The van der Waals surface area contributed by atoms with E-state index in [2.05, 4.69) is 33.8 Å². The Hall–Kier alpha value is -2.57. The first-order valence-electron chi connectivity index (χ1n) is 9.78. The molecule has 0 bridgehead atoms. The minimum atomic E-state index is 0.658. The standard InChI is InChI=1S/C22H27N3O3/c1-17-7-8-19-18(15-17)23-22(28-19)16-25-11-9-24(10-12-25)13-14-27-21-6-4-3-5-20(21)26-2/h3-8,15H,9-14,16H2,1-2H3. The van der Waals surface area contributed by atoms with Crippen molar-refractivity contribution in [1.29, 1.82) is 0 Å². The molecular weight excluding hydrogens is 354 g/mol. The van der Waals surface area contributed by atoms with Gasteiger partial charge in [0, 0.05) is 32.7 Å². The second-order valence-corrected chi connectivity index (χ2v) is 7.20. The lowest BCUT2D eigenvalue weighted by Crippen LogP contribution is -2.47. The monoisotopic (exact) mass is 381 g/mol. The number of aromatic nitrogens is 1. The van der Waals surface area contributed by atoms with E-state index in [1.54, 1.807) is 7.11 Å². The number of nitrogens with zero attached hydrogens (tertiary/aromatic N) is 3. The van der Waals surface area contributed by atoms with Crippen LogP contribution in [-0.2, 0) is 6.54 Å². The van der Waals surface area contributed by atoms with Crippen LogP contribution in [0.2, 0.25) is 0 Å². The molecule has 0 radical (unpaired) electrons. The highest BCUT2D eigenvalue weighted by molar-refractivity contribution is 5.73. The van der Waals surface area contributed by atoms with Crippen molar-refractivity contribution in [2.45, 2.75) is 13.5 Å². The second kappa shape index (κ2) is 8.63. The molecule has 3 aromatic rings. The summed E-state index contributed by atoms with van der Waals surface area (Å²) in [5.74, 6) is 2.38. The van der Waals surface area contributed by atoms with E-state index in [0.717, 1.165) is 67.8 Å². The fraction of sp³-hybridized carbons (Fsp3) is 0.409. The Kier molecular flexibility index (Phi) is 5.78. The summed E-state index contributed by atoms with van der Waals surface area (Å²) in [6, 6.07) is 13.9. The van der Waals surface area contributed by atoms with Crippen molar-refractivity contribution in [2.24, 2.45) is 0 Å². The first kappa shape index (κ1) is 18.8. The average molecular weight is 381 g/mol. The number of methoxy groups -OCH3 is 1. The van der Waals surface area contributed by atoms with Crippen LogP contribution in [0.5, 0.6) is 11.5 Å². The first-order valence-corrected chi connectivity index (χ1v) is 9.78. The maximum atomic E-state index is 5.89. The Bertz CT molecular complexity index is 916. The molecular formula is C22H27N3O3. The molecule has 0 N–H and O–H groups in total. The van der Waals surface area contributed by atoms with Gasteiger partial charge in [0.1, 0.15) is 12.1 Å². The smallest absolute Gasteiger partial charge is 0.209 e. The van der Waals surface area contributed by atoms with Gasteiger partial charge in [0.2, 0.25) is 5.89 Å². The minimum absolute atomic E-state index is 0.658. The molecule has 0 saturated carbocycles. The second-order valence-electron chi connectivity index (χ2n) is 7.20. The summed E-state index contributed by atoms with van der Waals surface area (Å²) in [7, 11) is 1.67. The number of fused-ring (bicyclic) bond motifs is 1. The number of hydrogen-bond donors (Lipinski definition) is 0. The van der Waals surface area contributed by atoms with E-state index >= 15 is 0 Å². The van der Waals surface area contributed by atoms with Crippen LogP contribution in [0.15, 0.2) is 46.9 Å². The molecule has 4 rings (SSSR count). The van der Waals surface area contributed by atoms with Gasteiger partial charge in [0.25, 0.3) is 0 Å². The maximum absolute atomic E-state index is 5.89. The molecule has 2 aromatic carbocycles. The topological polar surface area (TPSA) is 51.0 Å². The van der Waals surface area contributed by atoms with Gasteiger partial charge < -0.3 is 13.9 Å². The Morgan fingerprint density at radius 3 is 2.54 bits per heavy atom. The molecule has 0 spiro atoms. The summed E-state index contributed by atoms with van der Waals surface area (Å²) < 4.78 is 17.1. The summed E-state index contributed by atoms with van der Waals surface area (Å²) >= 11 is 0. The van der Waals surface area contributed by atoms with Crippen LogP contribution in [0, 0.1) is 6.92 Å². The summed E-state index contributed by atoms with van der Waals surface area (Å²) in [6.45, 7) is 8.46. The zero-order chi connectivity index (χ0) is 19.3. The molecule has 0 unspecified atom stereocenters. The van der Waals surface area contributed by atoms with E-state index in [0.29, 0.717) is 6.61 Å². The number of aryl methyl sites for hydroxylation is 1. The van der Waals surface area contributed by atoms with E-state index < -0.39 is 0 Å². The number of oxazole rings is 1. The van der Waals surface area contributed by atoms with E-state index in [-0.39, 0.29) is 0 Å².